The van der Waals surface area contributed by atoms with Crippen LogP contribution in [0, 0.1) is 28.5 Å². The van der Waals surface area contributed by atoms with E-state index in [9.17, 15) is 10.5 Å². The van der Waals surface area contributed by atoms with Crippen LogP contribution in [-0.4, -0.2) is 8.75 Å². The zero-order chi connectivity index (χ0) is 25.4. The predicted molar refractivity (Wildman–Crippen MR) is 147 cm³/mol. The SMILES string of the molecule is N#CC(C#N)=C1Sc2c(F)c(-c3ccc(N(c4ccccc4)c4ccccc4)cc3)c3nsnc3c2S1. The monoisotopic (exact) mass is 535 g/mol. The smallest absolute Gasteiger partial charge is 0.150 e. The number of para-hydroxylation sites is 2. The number of nitrogens with zero attached hydrogens (tertiary/aromatic N) is 5. The van der Waals surface area contributed by atoms with Crippen molar-refractivity contribution in [3.8, 4) is 23.3 Å². The topological polar surface area (TPSA) is 76.6 Å². The first-order valence-electron chi connectivity index (χ1n) is 11.1. The Kier molecular flexibility index (Phi) is 6.11. The second-order valence-corrected chi connectivity index (χ2v) is 10.8. The van der Waals surface area contributed by atoms with Crippen molar-refractivity contribution in [2.75, 3.05) is 4.90 Å². The summed E-state index contributed by atoms with van der Waals surface area (Å²) < 4.78 is 25.3. The highest BCUT2D eigenvalue weighted by Gasteiger charge is 2.32. The number of allylic oxidation sites excluding steroid dienone is 1. The molecule has 4 aromatic carbocycles. The van der Waals surface area contributed by atoms with Crippen LogP contribution < -0.4 is 4.90 Å². The van der Waals surface area contributed by atoms with Gasteiger partial charge >= 0.3 is 0 Å². The van der Waals surface area contributed by atoms with Crippen molar-refractivity contribution in [1.82, 2.24) is 8.75 Å². The molecule has 5 aromatic rings. The lowest BCUT2D eigenvalue weighted by Crippen LogP contribution is -2.09. The Labute approximate surface area is 224 Å². The van der Waals surface area contributed by atoms with Crippen LogP contribution in [0.2, 0.25) is 0 Å². The van der Waals surface area contributed by atoms with Gasteiger partial charge in [-0.05, 0) is 42.0 Å². The Morgan fingerprint density at radius 2 is 1.24 bits per heavy atom. The number of benzene rings is 4. The molecule has 9 heteroatoms. The van der Waals surface area contributed by atoms with Crippen molar-refractivity contribution in [2.45, 2.75) is 9.79 Å². The molecule has 176 valence electrons. The molecule has 1 aliphatic rings. The number of nitriles is 2. The van der Waals surface area contributed by atoms with Gasteiger partial charge in [0.25, 0.3) is 0 Å². The molecule has 0 bridgehead atoms. The minimum atomic E-state index is -0.423. The van der Waals surface area contributed by atoms with E-state index >= 15 is 4.39 Å². The number of halogens is 1. The molecule has 0 radical (unpaired) electrons. The Morgan fingerprint density at radius 1 is 0.703 bits per heavy atom. The number of aromatic nitrogens is 2. The number of hydrogen-bond acceptors (Lipinski definition) is 8. The normalized spacial score (nSPS) is 12.1. The number of rotatable bonds is 4. The number of thioether (sulfide) groups is 2. The van der Waals surface area contributed by atoms with Gasteiger partial charge in [-0.2, -0.15) is 19.3 Å². The van der Waals surface area contributed by atoms with E-state index in [-0.39, 0.29) is 5.57 Å². The molecule has 0 amide bonds. The van der Waals surface area contributed by atoms with Crippen molar-refractivity contribution >= 4 is 63.3 Å². The van der Waals surface area contributed by atoms with Gasteiger partial charge in [0, 0.05) is 22.6 Å². The van der Waals surface area contributed by atoms with Crippen LogP contribution >= 0.6 is 35.3 Å². The number of fused-ring (bicyclic) bond motifs is 3. The molecule has 0 saturated heterocycles. The van der Waals surface area contributed by atoms with Crippen LogP contribution in [0.1, 0.15) is 0 Å². The average Bonchev–Trinajstić information content (AvgIpc) is 3.60. The van der Waals surface area contributed by atoms with E-state index < -0.39 is 5.82 Å². The molecule has 5 nitrogen and oxygen atoms in total. The Bertz CT molecular complexity index is 1700. The molecule has 1 aromatic heterocycles. The molecule has 37 heavy (non-hydrogen) atoms. The fourth-order valence-corrected chi connectivity index (χ4v) is 7.27. The van der Waals surface area contributed by atoms with E-state index in [1.165, 1.54) is 11.8 Å². The molecule has 0 fully saturated rings. The molecule has 0 unspecified atom stereocenters. The molecule has 0 atom stereocenters. The van der Waals surface area contributed by atoms with Gasteiger partial charge in [-0.3, -0.25) is 0 Å². The van der Waals surface area contributed by atoms with Gasteiger partial charge in [-0.25, -0.2) is 4.39 Å². The van der Waals surface area contributed by atoms with Crippen LogP contribution in [0.5, 0.6) is 0 Å². The van der Waals surface area contributed by atoms with Crippen LogP contribution in [0.3, 0.4) is 0 Å². The molecule has 6 rings (SSSR count). The van der Waals surface area contributed by atoms with Gasteiger partial charge in [0.05, 0.1) is 25.8 Å². The maximum Gasteiger partial charge on any atom is 0.150 e. The van der Waals surface area contributed by atoms with Crippen LogP contribution in [0.4, 0.5) is 21.5 Å². The fraction of sp³-hybridized carbons (Fsp3) is 0. The molecule has 0 N–H and O–H groups in total. The van der Waals surface area contributed by atoms with E-state index in [0.717, 1.165) is 40.6 Å². The first kappa shape index (κ1) is 23.3. The molecule has 1 aliphatic heterocycles. The highest BCUT2D eigenvalue weighted by Crippen LogP contribution is 2.57. The third kappa shape index (κ3) is 4.04. The second-order valence-electron chi connectivity index (χ2n) is 7.95. The lowest BCUT2D eigenvalue weighted by Gasteiger charge is -2.25. The van der Waals surface area contributed by atoms with Crippen molar-refractivity contribution in [3.63, 3.8) is 0 Å². The lowest BCUT2D eigenvalue weighted by atomic mass is 10.0. The maximum absolute atomic E-state index is 16.0. The summed E-state index contributed by atoms with van der Waals surface area (Å²) in [7, 11) is 0. The molecule has 0 saturated carbocycles. The summed E-state index contributed by atoms with van der Waals surface area (Å²) in [5.41, 5.74) is 5.01. The zero-order valence-electron chi connectivity index (χ0n) is 18.9. The third-order valence-corrected chi connectivity index (χ3v) is 8.95. The Hall–Kier alpha value is -4.15. The summed E-state index contributed by atoms with van der Waals surface area (Å²) in [5, 5.41) is 18.6. The molecule has 0 aliphatic carbocycles. The van der Waals surface area contributed by atoms with E-state index in [1.54, 1.807) is 0 Å². The third-order valence-electron chi connectivity index (χ3n) is 5.83. The van der Waals surface area contributed by atoms with E-state index in [2.05, 4.69) is 13.6 Å². The summed E-state index contributed by atoms with van der Waals surface area (Å²) in [6, 6.07) is 31.6. The number of anilines is 3. The van der Waals surface area contributed by atoms with Crippen molar-refractivity contribution in [3.05, 3.63) is 101 Å². The minimum Gasteiger partial charge on any atom is -0.311 e. The summed E-state index contributed by atoms with van der Waals surface area (Å²) in [5.74, 6) is -0.423. The highest BCUT2D eigenvalue weighted by molar-refractivity contribution is 8.24. The fourth-order valence-electron chi connectivity index (χ4n) is 4.18. The lowest BCUT2D eigenvalue weighted by molar-refractivity contribution is 0.601. The van der Waals surface area contributed by atoms with Gasteiger partial charge < -0.3 is 4.90 Å². The first-order valence-corrected chi connectivity index (χ1v) is 13.4. The standard InChI is InChI=1S/C28H14FN5S3/c29-23-22(24-25(33-37-32-24)27-26(23)35-28(36-27)18(15-30)16-31)17-11-13-21(14-12-17)34(19-7-3-1-4-8-19)20-9-5-2-6-10-20/h1-14H. The van der Waals surface area contributed by atoms with Gasteiger partial charge in [0.2, 0.25) is 0 Å². The van der Waals surface area contributed by atoms with Crippen molar-refractivity contribution < 1.29 is 4.39 Å². The zero-order valence-corrected chi connectivity index (χ0v) is 21.4. The molecule has 0 spiro atoms. The second kappa shape index (κ2) is 9.72. The van der Waals surface area contributed by atoms with Gasteiger partial charge in [-0.1, -0.05) is 72.1 Å². The Balaban J connectivity index is 1.46. The largest absolute Gasteiger partial charge is 0.311 e. The Morgan fingerprint density at radius 3 is 1.84 bits per heavy atom. The van der Waals surface area contributed by atoms with E-state index in [0.29, 0.717) is 36.2 Å². The van der Waals surface area contributed by atoms with E-state index in [1.807, 2.05) is 97.1 Å². The summed E-state index contributed by atoms with van der Waals surface area (Å²) in [6.45, 7) is 0. The minimum absolute atomic E-state index is 0.0326. The predicted octanol–water partition coefficient (Wildman–Crippen LogP) is 8.42. The summed E-state index contributed by atoms with van der Waals surface area (Å²) in [4.78, 5) is 3.11. The van der Waals surface area contributed by atoms with Crippen molar-refractivity contribution in [1.29, 1.82) is 10.5 Å². The molecular formula is C28H14FN5S3. The maximum atomic E-state index is 16.0. The molecule has 2 heterocycles. The summed E-state index contributed by atoms with van der Waals surface area (Å²) in [6.07, 6.45) is 0. The number of hydrogen-bond donors (Lipinski definition) is 0. The van der Waals surface area contributed by atoms with Crippen molar-refractivity contribution in [2.24, 2.45) is 0 Å². The first-order chi connectivity index (χ1) is 18.2. The van der Waals surface area contributed by atoms with Crippen LogP contribution in [0.15, 0.2) is 105 Å². The van der Waals surface area contributed by atoms with Crippen LogP contribution in [-0.2, 0) is 0 Å². The van der Waals surface area contributed by atoms with Gasteiger partial charge in [0.15, 0.2) is 0 Å². The quantitative estimate of drug-likeness (QED) is 0.214. The van der Waals surface area contributed by atoms with E-state index in [4.69, 9.17) is 0 Å². The van der Waals surface area contributed by atoms with Gasteiger partial charge in [0.1, 0.15) is 34.6 Å². The molecular weight excluding hydrogens is 522 g/mol. The average molecular weight is 536 g/mol. The van der Waals surface area contributed by atoms with Gasteiger partial charge in [-0.15, -0.1) is 0 Å². The highest BCUT2D eigenvalue weighted by atomic mass is 32.2. The van der Waals surface area contributed by atoms with Crippen LogP contribution in [0.25, 0.3) is 22.2 Å². The summed E-state index contributed by atoms with van der Waals surface area (Å²) >= 11 is 3.32.